The second kappa shape index (κ2) is 9.45. The summed E-state index contributed by atoms with van der Waals surface area (Å²) in [5, 5.41) is 71.7. The lowest BCUT2D eigenvalue weighted by atomic mass is 9.74. The predicted octanol–water partition coefficient (Wildman–Crippen LogP) is -0.787. The Morgan fingerprint density at radius 1 is 0.971 bits per heavy atom. The molecule has 194 valence electrons. The zero-order valence-corrected chi connectivity index (χ0v) is 19.1. The molecule has 0 aliphatic carbocycles. The molecule has 2 aliphatic rings. The van der Waals surface area contributed by atoms with Crippen LogP contribution in [-0.2, 0) is 30.3 Å². The van der Waals surface area contributed by atoms with Gasteiger partial charge >= 0.3 is 17.9 Å². The Labute approximate surface area is 200 Å². The number of benzene rings is 1. The minimum absolute atomic E-state index is 0.0115. The molecule has 2 saturated heterocycles. The van der Waals surface area contributed by atoms with Gasteiger partial charge in [-0.2, -0.15) is 0 Å². The monoisotopic (exact) mass is 498 g/mol. The Morgan fingerprint density at radius 2 is 1.57 bits per heavy atom. The van der Waals surface area contributed by atoms with Crippen LogP contribution in [0.2, 0.25) is 0 Å². The second-order valence-corrected chi connectivity index (χ2v) is 9.43. The fourth-order valence-corrected chi connectivity index (χ4v) is 5.09. The van der Waals surface area contributed by atoms with Crippen molar-refractivity contribution in [3.05, 3.63) is 35.9 Å². The molecule has 9 atom stereocenters. The summed E-state index contributed by atoms with van der Waals surface area (Å²) in [5.41, 5.74) is -6.19. The van der Waals surface area contributed by atoms with Gasteiger partial charge in [0.25, 0.3) is 0 Å². The second-order valence-electron chi connectivity index (χ2n) is 9.43. The molecule has 0 amide bonds. The third-order valence-corrected chi connectivity index (χ3v) is 7.15. The largest absolute Gasteiger partial charge is 0.479 e. The lowest BCUT2D eigenvalue weighted by Gasteiger charge is -2.48. The third-order valence-electron chi connectivity index (χ3n) is 7.15. The van der Waals surface area contributed by atoms with Crippen molar-refractivity contribution in [3.8, 4) is 0 Å². The number of fused-ring (bicyclic) bond motifs is 2. The first-order valence-corrected chi connectivity index (χ1v) is 11.1. The molecule has 7 N–H and O–H groups in total. The summed E-state index contributed by atoms with van der Waals surface area (Å²) in [4.78, 5) is 35.8. The first kappa shape index (κ1) is 27.0. The highest BCUT2D eigenvalue weighted by molar-refractivity contribution is 5.97. The number of ether oxygens (including phenoxy) is 2. The average molecular weight is 498 g/mol. The molecule has 12 nitrogen and oxygen atoms in total. The van der Waals surface area contributed by atoms with E-state index in [1.807, 2.05) is 37.3 Å². The normalized spacial score (nSPS) is 36.8. The van der Waals surface area contributed by atoms with Crippen molar-refractivity contribution in [2.24, 2.45) is 11.8 Å². The van der Waals surface area contributed by atoms with E-state index < -0.39 is 71.7 Å². The molecule has 1 aromatic rings. The number of carboxylic acids is 3. The maximum Gasteiger partial charge on any atom is 0.343 e. The number of aliphatic hydroxyl groups is 4. The highest BCUT2D eigenvalue weighted by Crippen LogP contribution is 2.54. The standard InChI is InChI=1S/C23H30O12/c1-11(14(24)12(2)10-13-6-4-3-5-7-13)8-9-21-15(25)16(26)23(35-21,20(31)32)22(33,19(29)30)17(34-21)18(27)28/h3-7,11-12,14-17,24-26,33H,8-10H2,1-2H3,(H,27,28)(H,29,30)(H,31,32)/t11-,12+,14+,15+,16+,17+,21-,22+,23-/m0/s1. The van der Waals surface area contributed by atoms with Gasteiger partial charge in [-0.3, -0.25) is 0 Å². The minimum Gasteiger partial charge on any atom is -0.479 e. The Bertz CT molecular complexity index is 969. The number of aliphatic carboxylic acids is 3. The van der Waals surface area contributed by atoms with Gasteiger partial charge in [-0.25, -0.2) is 14.4 Å². The summed E-state index contributed by atoms with van der Waals surface area (Å²) >= 11 is 0. The van der Waals surface area contributed by atoms with Crippen molar-refractivity contribution in [3.63, 3.8) is 0 Å². The van der Waals surface area contributed by atoms with Gasteiger partial charge in [-0.1, -0.05) is 44.2 Å². The summed E-state index contributed by atoms with van der Waals surface area (Å²) in [7, 11) is 0. The topological polar surface area (TPSA) is 211 Å². The van der Waals surface area contributed by atoms with E-state index in [9.17, 15) is 50.1 Å². The lowest BCUT2D eigenvalue weighted by Crippen LogP contribution is -2.77. The van der Waals surface area contributed by atoms with Gasteiger partial charge in [-0.05, 0) is 30.2 Å². The molecular formula is C23H30O12. The molecule has 35 heavy (non-hydrogen) atoms. The van der Waals surface area contributed by atoms with Crippen LogP contribution in [0, 0.1) is 11.8 Å². The van der Waals surface area contributed by atoms with Gasteiger partial charge in [-0.15, -0.1) is 0 Å². The smallest absolute Gasteiger partial charge is 0.343 e. The minimum atomic E-state index is -3.76. The van der Waals surface area contributed by atoms with Crippen LogP contribution in [0.4, 0.5) is 0 Å². The molecule has 0 unspecified atom stereocenters. The SMILES string of the molecule is C[C@H](Cc1ccccc1)[C@H](O)[C@@H](C)CC[C@]12O[C@H](C(=O)O)[C@@](O)(C(=O)O)[C@](C(=O)O)(O1)[C@H](O)[C@H]2O. The predicted molar refractivity (Wildman–Crippen MR) is 115 cm³/mol. The highest BCUT2D eigenvalue weighted by Gasteiger charge is 2.84. The van der Waals surface area contributed by atoms with E-state index in [0.29, 0.717) is 6.42 Å². The summed E-state index contributed by atoms with van der Waals surface area (Å²) < 4.78 is 10.5. The van der Waals surface area contributed by atoms with Crippen LogP contribution in [0.3, 0.4) is 0 Å². The van der Waals surface area contributed by atoms with E-state index in [1.54, 1.807) is 6.92 Å². The van der Waals surface area contributed by atoms with Crippen LogP contribution in [0.1, 0.15) is 32.3 Å². The number of carboxylic acid groups (broad SMARTS) is 3. The van der Waals surface area contributed by atoms with E-state index in [1.165, 1.54) is 0 Å². The maximum absolute atomic E-state index is 12.1. The van der Waals surface area contributed by atoms with Gasteiger partial charge in [0.2, 0.25) is 17.3 Å². The van der Waals surface area contributed by atoms with Crippen molar-refractivity contribution in [1.29, 1.82) is 0 Å². The summed E-state index contributed by atoms with van der Waals surface area (Å²) in [5.74, 6) is -9.69. The summed E-state index contributed by atoms with van der Waals surface area (Å²) in [6.07, 6.45) is -8.14. The van der Waals surface area contributed by atoms with Gasteiger partial charge in [0.15, 0.2) is 5.79 Å². The number of aliphatic hydroxyl groups excluding tert-OH is 3. The molecule has 0 aromatic heterocycles. The van der Waals surface area contributed by atoms with Crippen LogP contribution in [0.25, 0.3) is 0 Å². The molecule has 12 heteroatoms. The first-order valence-electron chi connectivity index (χ1n) is 11.1. The molecule has 3 rings (SSSR count). The quantitative estimate of drug-likeness (QED) is 0.212. The molecule has 0 spiro atoms. The molecule has 2 heterocycles. The number of carbonyl (C=O) groups is 3. The van der Waals surface area contributed by atoms with Gasteiger partial charge in [0.1, 0.15) is 12.2 Å². The van der Waals surface area contributed by atoms with Gasteiger partial charge in [0.05, 0.1) is 6.10 Å². The molecule has 2 aliphatic heterocycles. The van der Waals surface area contributed by atoms with Crippen LogP contribution in [0.5, 0.6) is 0 Å². The number of hydrogen-bond acceptors (Lipinski definition) is 9. The molecule has 1 aromatic carbocycles. The van der Waals surface area contributed by atoms with Crippen molar-refractivity contribution in [2.75, 3.05) is 0 Å². The van der Waals surface area contributed by atoms with Crippen LogP contribution in [0.15, 0.2) is 30.3 Å². The lowest BCUT2D eigenvalue weighted by molar-refractivity contribution is -0.374. The van der Waals surface area contributed by atoms with Crippen LogP contribution in [-0.4, -0.2) is 95.1 Å². The van der Waals surface area contributed by atoms with Gasteiger partial charge < -0.3 is 45.2 Å². The van der Waals surface area contributed by atoms with E-state index in [-0.39, 0.29) is 12.3 Å². The van der Waals surface area contributed by atoms with E-state index in [0.717, 1.165) is 5.56 Å². The van der Waals surface area contributed by atoms with Crippen LogP contribution >= 0.6 is 0 Å². The third kappa shape index (κ3) is 4.09. The number of rotatable bonds is 10. The Kier molecular flexibility index (Phi) is 7.29. The average Bonchev–Trinajstić information content (AvgIpc) is 3.00. The molecule has 2 bridgehead atoms. The Balaban J connectivity index is 1.86. The summed E-state index contributed by atoms with van der Waals surface area (Å²) in [6, 6.07) is 9.42. The van der Waals surface area contributed by atoms with E-state index >= 15 is 0 Å². The first-order chi connectivity index (χ1) is 16.2. The zero-order chi connectivity index (χ0) is 26.3. The molecular weight excluding hydrogens is 468 g/mol. The Hall–Kier alpha value is -2.61. The fourth-order valence-electron chi connectivity index (χ4n) is 5.09. The zero-order valence-electron chi connectivity index (χ0n) is 19.1. The fraction of sp³-hybridized carbons (Fsp3) is 0.609. The van der Waals surface area contributed by atoms with Crippen LogP contribution < -0.4 is 0 Å². The summed E-state index contributed by atoms with van der Waals surface area (Å²) in [6.45, 7) is 3.51. The molecule has 0 saturated carbocycles. The molecule has 2 fully saturated rings. The van der Waals surface area contributed by atoms with E-state index in [4.69, 9.17) is 9.47 Å². The maximum atomic E-state index is 12.1. The molecule has 0 radical (unpaired) electrons. The van der Waals surface area contributed by atoms with Gasteiger partial charge in [0, 0.05) is 6.42 Å². The number of hydrogen-bond donors (Lipinski definition) is 7. The highest BCUT2D eigenvalue weighted by atomic mass is 16.8. The van der Waals surface area contributed by atoms with Crippen molar-refractivity contribution in [2.45, 2.75) is 74.5 Å². The van der Waals surface area contributed by atoms with Crippen molar-refractivity contribution < 1.29 is 59.6 Å². The van der Waals surface area contributed by atoms with E-state index in [2.05, 4.69) is 0 Å². The Morgan fingerprint density at radius 3 is 2.09 bits per heavy atom. The van der Waals surface area contributed by atoms with Crippen molar-refractivity contribution >= 4 is 17.9 Å². The van der Waals surface area contributed by atoms with Crippen molar-refractivity contribution in [1.82, 2.24) is 0 Å².